The van der Waals surface area contributed by atoms with Crippen molar-refractivity contribution in [1.82, 2.24) is 0 Å². The van der Waals surface area contributed by atoms with Crippen LogP contribution in [0.15, 0.2) is 42.5 Å². The number of nitrogens with two attached hydrogens (primary N) is 1. The van der Waals surface area contributed by atoms with Crippen LogP contribution in [0.2, 0.25) is 0 Å². The lowest BCUT2D eigenvalue weighted by Gasteiger charge is -2.13. The molecule has 0 heterocycles. The SMILES string of the molecule is CN(C)c1ccc(NC(=O)c2ccc(F)c(N)c2)cc1. The average molecular weight is 273 g/mol. The maximum atomic E-state index is 13.0. The van der Waals surface area contributed by atoms with Crippen LogP contribution in [0.25, 0.3) is 0 Å². The normalized spacial score (nSPS) is 10.2. The van der Waals surface area contributed by atoms with E-state index in [4.69, 9.17) is 5.73 Å². The Morgan fingerprint density at radius 1 is 1.15 bits per heavy atom. The fraction of sp³-hybridized carbons (Fsp3) is 0.133. The van der Waals surface area contributed by atoms with Crippen molar-refractivity contribution in [2.45, 2.75) is 0 Å². The van der Waals surface area contributed by atoms with E-state index in [0.717, 1.165) is 5.69 Å². The smallest absolute Gasteiger partial charge is 0.255 e. The van der Waals surface area contributed by atoms with Gasteiger partial charge in [-0.3, -0.25) is 4.79 Å². The van der Waals surface area contributed by atoms with Gasteiger partial charge in [-0.1, -0.05) is 0 Å². The molecule has 3 N–H and O–H groups in total. The Hall–Kier alpha value is -2.56. The summed E-state index contributed by atoms with van der Waals surface area (Å²) in [6, 6.07) is 11.3. The second-order valence-electron chi connectivity index (χ2n) is 4.63. The zero-order chi connectivity index (χ0) is 14.7. The molecule has 0 fully saturated rings. The van der Waals surface area contributed by atoms with Gasteiger partial charge in [0.15, 0.2) is 0 Å². The summed E-state index contributed by atoms with van der Waals surface area (Å²) < 4.78 is 13.0. The molecule has 0 aliphatic heterocycles. The van der Waals surface area contributed by atoms with Gasteiger partial charge in [-0.15, -0.1) is 0 Å². The molecule has 5 heteroatoms. The number of benzene rings is 2. The van der Waals surface area contributed by atoms with Gasteiger partial charge in [0, 0.05) is 31.0 Å². The Labute approximate surface area is 117 Å². The Morgan fingerprint density at radius 3 is 2.35 bits per heavy atom. The fourth-order valence-corrected chi connectivity index (χ4v) is 1.73. The van der Waals surface area contributed by atoms with Crippen LogP contribution in [-0.2, 0) is 0 Å². The predicted octanol–water partition coefficient (Wildman–Crippen LogP) is 2.73. The van der Waals surface area contributed by atoms with Crippen molar-refractivity contribution < 1.29 is 9.18 Å². The molecule has 0 unspecified atom stereocenters. The summed E-state index contributed by atoms with van der Waals surface area (Å²) in [5.74, 6) is -0.855. The number of nitrogens with one attached hydrogen (secondary N) is 1. The molecule has 0 aliphatic rings. The van der Waals surface area contributed by atoms with Crippen LogP contribution < -0.4 is 16.0 Å². The molecule has 0 spiro atoms. The van der Waals surface area contributed by atoms with E-state index in [1.807, 2.05) is 31.1 Å². The van der Waals surface area contributed by atoms with E-state index in [9.17, 15) is 9.18 Å². The Kier molecular flexibility index (Phi) is 3.89. The molecule has 0 bridgehead atoms. The Balaban J connectivity index is 2.12. The third-order valence-corrected chi connectivity index (χ3v) is 2.90. The summed E-state index contributed by atoms with van der Waals surface area (Å²) in [5, 5.41) is 2.74. The number of carbonyl (C=O) groups is 1. The number of halogens is 1. The van der Waals surface area contributed by atoms with E-state index in [1.54, 1.807) is 12.1 Å². The molecule has 1 amide bonds. The fourth-order valence-electron chi connectivity index (χ4n) is 1.73. The van der Waals surface area contributed by atoms with Crippen LogP contribution in [0.5, 0.6) is 0 Å². The number of nitrogen functional groups attached to an aromatic ring is 1. The lowest BCUT2D eigenvalue weighted by molar-refractivity contribution is 0.102. The number of amides is 1. The quantitative estimate of drug-likeness (QED) is 0.845. The van der Waals surface area contributed by atoms with Crippen molar-refractivity contribution in [2.24, 2.45) is 0 Å². The van der Waals surface area contributed by atoms with Crippen molar-refractivity contribution in [3.05, 3.63) is 53.8 Å². The van der Waals surface area contributed by atoms with Gasteiger partial charge in [-0.25, -0.2) is 4.39 Å². The maximum absolute atomic E-state index is 13.0. The van der Waals surface area contributed by atoms with Crippen LogP contribution in [-0.4, -0.2) is 20.0 Å². The number of carbonyl (C=O) groups excluding carboxylic acids is 1. The number of hydrogen-bond donors (Lipinski definition) is 2. The van der Waals surface area contributed by atoms with Crippen LogP contribution in [0.4, 0.5) is 21.5 Å². The van der Waals surface area contributed by atoms with Gasteiger partial charge in [0.25, 0.3) is 5.91 Å². The van der Waals surface area contributed by atoms with Gasteiger partial charge in [-0.05, 0) is 42.5 Å². The average Bonchev–Trinajstić information content (AvgIpc) is 2.42. The van der Waals surface area contributed by atoms with Gasteiger partial charge in [-0.2, -0.15) is 0 Å². The number of rotatable bonds is 3. The number of hydrogen-bond acceptors (Lipinski definition) is 3. The van der Waals surface area contributed by atoms with Crippen LogP contribution in [0.1, 0.15) is 10.4 Å². The molecule has 0 aliphatic carbocycles. The highest BCUT2D eigenvalue weighted by atomic mass is 19.1. The molecular weight excluding hydrogens is 257 g/mol. The van der Waals surface area contributed by atoms with Crippen LogP contribution in [0, 0.1) is 5.82 Å². The molecule has 0 aromatic heterocycles. The first-order valence-electron chi connectivity index (χ1n) is 6.11. The van der Waals surface area contributed by atoms with Crippen molar-refractivity contribution in [3.63, 3.8) is 0 Å². The molecule has 0 saturated heterocycles. The summed E-state index contributed by atoms with van der Waals surface area (Å²) in [5.41, 5.74) is 7.43. The van der Waals surface area contributed by atoms with Gasteiger partial charge in [0.2, 0.25) is 0 Å². The highest BCUT2D eigenvalue weighted by Gasteiger charge is 2.08. The first-order chi connectivity index (χ1) is 9.47. The molecule has 20 heavy (non-hydrogen) atoms. The second kappa shape index (κ2) is 5.61. The van der Waals surface area contributed by atoms with Gasteiger partial charge >= 0.3 is 0 Å². The standard InChI is InChI=1S/C15H16FN3O/c1-19(2)12-6-4-11(5-7-12)18-15(20)10-3-8-13(16)14(17)9-10/h3-9H,17H2,1-2H3,(H,18,20). The molecule has 2 rings (SSSR count). The van der Waals surface area contributed by atoms with E-state index in [0.29, 0.717) is 11.3 Å². The second-order valence-corrected chi connectivity index (χ2v) is 4.63. The highest BCUT2D eigenvalue weighted by molar-refractivity contribution is 6.04. The zero-order valence-electron chi connectivity index (χ0n) is 11.4. The summed E-state index contributed by atoms with van der Waals surface area (Å²) >= 11 is 0. The summed E-state index contributed by atoms with van der Waals surface area (Å²) in [6.45, 7) is 0. The monoisotopic (exact) mass is 273 g/mol. The minimum atomic E-state index is -0.531. The van der Waals surface area contributed by atoms with Crippen molar-refractivity contribution >= 4 is 23.0 Å². The first kappa shape index (κ1) is 13.9. The Morgan fingerprint density at radius 2 is 1.80 bits per heavy atom. The lowest BCUT2D eigenvalue weighted by Crippen LogP contribution is -2.13. The van der Waals surface area contributed by atoms with E-state index in [-0.39, 0.29) is 11.6 Å². The number of anilines is 3. The van der Waals surface area contributed by atoms with E-state index in [1.165, 1.54) is 18.2 Å². The topological polar surface area (TPSA) is 58.4 Å². The predicted molar refractivity (Wildman–Crippen MR) is 79.5 cm³/mol. The van der Waals surface area contributed by atoms with Gasteiger partial charge < -0.3 is 16.0 Å². The summed E-state index contributed by atoms with van der Waals surface area (Å²) in [4.78, 5) is 14.0. The molecule has 2 aromatic carbocycles. The van der Waals surface area contributed by atoms with E-state index >= 15 is 0 Å². The highest BCUT2D eigenvalue weighted by Crippen LogP contribution is 2.17. The molecule has 0 saturated carbocycles. The third-order valence-electron chi connectivity index (χ3n) is 2.90. The van der Waals surface area contributed by atoms with Crippen LogP contribution in [0.3, 0.4) is 0 Å². The lowest BCUT2D eigenvalue weighted by atomic mass is 10.1. The summed E-state index contributed by atoms with van der Waals surface area (Å²) in [6.07, 6.45) is 0. The van der Waals surface area contributed by atoms with Gasteiger partial charge in [0.1, 0.15) is 5.82 Å². The van der Waals surface area contributed by atoms with Crippen molar-refractivity contribution in [2.75, 3.05) is 30.0 Å². The van der Waals surface area contributed by atoms with Crippen molar-refractivity contribution in [3.8, 4) is 0 Å². The molecule has 104 valence electrons. The number of nitrogens with zero attached hydrogens (tertiary/aromatic N) is 1. The third kappa shape index (κ3) is 3.06. The molecule has 0 radical (unpaired) electrons. The first-order valence-corrected chi connectivity index (χ1v) is 6.11. The van der Waals surface area contributed by atoms with E-state index in [2.05, 4.69) is 5.32 Å². The Bertz CT molecular complexity index is 624. The molecule has 0 atom stereocenters. The minimum Gasteiger partial charge on any atom is -0.396 e. The largest absolute Gasteiger partial charge is 0.396 e. The molecular formula is C15H16FN3O. The maximum Gasteiger partial charge on any atom is 0.255 e. The van der Waals surface area contributed by atoms with Crippen LogP contribution >= 0.6 is 0 Å². The van der Waals surface area contributed by atoms with Gasteiger partial charge in [0.05, 0.1) is 5.69 Å². The molecule has 4 nitrogen and oxygen atoms in total. The summed E-state index contributed by atoms with van der Waals surface area (Å²) in [7, 11) is 3.88. The molecule has 2 aromatic rings. The zero-order valence-corrected chi connectivity index (χ0v) is 11.4. The van der Waals surface area contributed by atoms with Crippen molar-refractivity contribution in [1.29, 1.82) is 0 Å². The van der Waals surface area contributed by atoms with E-state index < -0.39 is 5.82 Å². The minimum absolute atomic E-state index is 0.0411.